The zero-order valence-corrected chi connectivity index (χ0v) is 28.5. The standard InChI is InChI=1S/C35H46F3N5O5/c1-22(21-44)39-32(45)43(18-24-17-42(19-28(24)38)33(46)48-34(2,3)4)30(35(5,6)47-7)31-40-29(26-15-25(36)13-14-27(26)37)20-41(31)16-23-11-9-8-10-12-23/h8-15,20,22,24,28,30,44H,16-19,21H2,1-7H3,(H,39,45)/t22-,24-,28-,30-/m0/s1. The second-order valence-electron chi connectivity index (χ2n) is 13.8. The van der Waals surface area contributed by atoms with E-state index in [4.69, 9.17) is 14.5 Å². The van der Waals surface area contributed by atoms with Gasteiger partial charge in [-0.15, -0.1) is 0 Å². The van der Waals surface area contributed by atoms with Gasteiger partial charge in [0.25, 0.3) is 0 Å². The van der Waals surface area contributed by atoms with Crippen LogP contribution in [0.5, 0.6) is 0 Å². The number of carbonyl (C=O) groups is 2. The summed E-state index contributed by atoms with van der Waals surface area (Å²) in [4.78, 5) is 34.4. The van der Waals surface area contributed by atoms with Gasteiger partial charge in [0.05, 0.1) is 30.5 Å². The van der Waals surface area contributed by atoms with Gasteiger partial charge < -0.3 is 34.3 Å². The molecule has 4 rings (SSSR count). The zero-order valence-electron chi connectivity index (χ0n) is 28.5. The number of amides is 3. The summed E-state index contributed by atoms with van der Waals surface area (Å²) in [5, 5.41) is 12.5. The highest BCUT2D eigenvalue weighted by atomic mass is 19.1. The number of nitrogens with one attached hydrogen (secondary N) is 1. The Balaban J connectivity index is 1.85. The van der Waals surface area contributed by atoms with Gasteiger partial charge in [-0.1, -0.05) is 30.3 Å². The van der Waals surface area contributed by atoms with Crippen LogP contribution in [0.25, 0.3) is 11.3 Å². The molecule has 3 amide bonds. The lowest BCUT2D eigenvalue weighted by molar-refractivity contribution is -0.0513. The minimum Gasteiger partial charge on any atom is -0.444 e. The smallest absolute Gasteiger partial charge is 0.410 e. The predicted octanol–water partition coefficient (Wildman–Crippen LogP) is 5.94. The van der Waals surface area contributed by atoms with Crippen molar-refractivity contribution in [1.82, 2.24) is 24.7 Å². The summed E-state index contributed by atoms with van der Waals surface area (Å²) in [6, 6.07) is 10.2. The molecule has 0 aliphatic carbocycles. The van der Waals surface area contributed by atoms with Crippen LogP contribution in [-0.2, 0) is 16.0 Å². The number of hydrogen-bond donors (Lipinski definition) is 2. The van der Waals surface area contributed by atoms with E-state index in [2.05, 4.69) is 5.32 Å². The highest BCUT2D eigenvalue weighted by Crippen LogP contribution is 2.38. The van der Waals surface area contributed by atoms with E-state index in [0.717, 1.165) is 23.8 Å². The number of ether oxygens (including phenoxy) is 2. The molecule has 13 heteroatoms. The van der Waals surface area contributed by atoms with E-state index in [0.29, 0.717) is 0 Å². The highest BCUT2D eigenvalue weighted by Gasteiger charge is 2.46. The first kappa shape index (κ1) is 36.7. The lowest BCUT2D eigenvalue weighted by Gasteiger charge is -2.42. The predicted molar refractivity (Wildman–Crippen MR) is 175 cm³/mol. The lowest BCUT2D eigenvalue weighted by atomic mass is 9.94. The third-order valence-corrected chi connectivity index (χ3v) is 8.30. The van der Waals surface area contributed by atoms with Crippen molar-refractivity contribution in [3.05, 3.63) is 77.8 Å². The Morgan fingerprint density at radius 3 is 2.42 bits per heavy atom. The molecule has 2 aromatic carbocycles. The zero-order chi connectivity index (χ0) is 35.4. The van der Waals surface area contributed by atoms with Crippen molar-refractivity contribution in [1.29, 1.82) is 0 Å². The summed E-state index contributed by atoms with van der Waals surface area (Å²) >= 11 is 0. The number of methoxy groups -OCH3 is 1. The van der Waals surface area contributed by atoms with Crippen molar-refractivity contribution in [3.63, 3.8) is 0 Å². The number of halogens is 3. The third-order valence-electron chi connectivity index (χ3n) is 8.30. The van der Waals surface area contributed by atoms with E-state index in [1.165, 1.54) is 16.9 Å². The number of carbonyl (C=O) groups excluding carboxylic acids is 2. The first-order valence-electron chi connectivity index (χ1n) is 15.9. The molecule has 4 atom stereocenters. The Morgan fingerprint density at radius 1 is 1.10 bits per heavy atom. The van der Waals surface area contributed by atoms with Crippen molar-refractivity contribution in [2.75, 3.05) is 33.4 Å². The van der Waals surface area contributed by atoms with E-state index in [1.54, 1.807) is 52.3 Å². The van der Waals surface area contributed by atoms with Crippen LogP contribution < -0.4 is 5.32 Å². The van der Waals surface area contributed by atoms with Gasteiger partial charge in [0.1, 0.15) is 35.3 Å². The van der Waals surface area contributed by atoms with E-state index in [-0.39, 0.29) is 49.9 Å². The SMILES string of the molecule is COC(C)(C)[C@H](c1nc(-c2cc(F)ccc2F)cn1Cc1ccccc1)N(C[C@@H]1CN(C(=O)OC(C)(C)C)C[C@@H]1F)C(=O)N[C@@H](C)CO. The number of benzene rings is 2. The lowest BCUT2D eigenvalue weighted by Crippen LogP contribution is -2.54. The van der Waals surface area contributed by atoms with Crippen molar-refractivity contribution in [2.45, 2.75) is 77.5 Å². The molecule has 0 saturated carbocycles. The Morgan fingerprint density at radius 2 is 1.79 bits per heavy atom. The molecule has 1 saturated heterocycles. The van der Waals surface area contributed by atoms with Crippen molar-refractivity contribution >= 4 is 12.1 Å². The first-order chi connectivity index (χ1) is 22.5. The number of rotatable bonds is 11. The largest absolute Gasteiger partial charge is 0.444 e. The third kappa shape index (κ3) is 8.87. The Hall–Kier alpha value is -4.10. The molecule has 2 N–H and O–H groups in total. The van der Waals surface area contributed by atoms with Crippen LogP contribution in [0.2, 0.25) is 0 Å². The molecule has 0 unspecified atom stereocenters. The maximum atomic E-state index is 15.7. The quantitative estimate of drug-likeness (QED) is 0.261. The molecule has 1 aliphatic heterocycles. The molecule has 48 heavy (non-hydrogen) atoms. The average molecular weight is 674 g/mol. The van der Waals surface area contributed by atoms with E-state index in [9.17, 15) is 19.1 Å². The average Bonchev–Trinajstić information content (AvgIpc) is 3.60. The van der Waals surface area contributed by atoms with Gasteiger partial charge in [-0.05, 0) is 65.3 Å². The summed E-state index contributed by atoms with van der Waals surface area (Å²) in [5.74, 6) is -1.88. The molecule has 1 fully saturated rings. The second-order valence-corrected chi connectivity index (χ2v) is 13.8. The molecule has 0 spiro atoms. The minimum atomic E-state index is -1.49. The van der Waals surface area contributed by atoms with Gasteiger partial charge >= 0.3 is 12.1 Å². The molecule has 10 nitrogen and oxygen atoms in total. The molecule has 3 aromatic rings. The number of aromatic nitrogens is 2. The number of aliphatic hydroxyl groups is 1. The number of imidazole rings is 1. The van der Waals surface area contributed by atoms with Crippen LogP contribution in [0.15, 0.2) is 54.7 Å². The number of likely N-dealkylation sites (tertiary alicyclic amines) is 1. The first-order valence-corrected chi connectivity index (χ1v) is 15.9. The summed E-state index contributed by atoms with van der Waals surface area (Å²) < 4.78 is 58.3. The number of urea groups is 1. The fourth-order valence-electron chi connectivity index (χ4n) is 5.69. The maximum absolute atomic E-state index is 15.7. The van der Waals surface area contributed by atoms with Gasteiger partial charge in [0.2, 0.25) is 0 Å². The number of aliphatic hydroxyl groups excluding tert-OH is 1. The normalized spacial score (nSPS) is 18.0. The number of alkyl halides is 1. The minimum absolute atomic E-state index is 0.0201. The van der Waals surface area contributed by atoms with Gasteiger partial charge in [-0.25, -0.2) is 27.7 Å². The van der Waals surface area contributed by atoms with Crippen LogP contribution in [0, 0.1) is 17.6 Å². The Labute approximate surface area is 279 Å². The number of hydrogen-bond acceptors (Lipinski definition) is 6. The molecule has 1 aliphatic rings. The van der Waals surface area contributed by atoms with Crippen molar-refractivity contribution in [3.8, 4) is 11.3 Å². The van der Waals surface area contributed by atoms with Gasteiger partial charge in [-0.3, -0.25) is 0 Å². The number of nitrogens with zero attached hydrogens (tertiary/aromatic N) is 4. The second kappa shape index (κ2) is 15.0. The van der Waals surface area contributed by atoms with Crippen molar-refractivity contribution in [2.24, 2.45) is 5.92 Å². The Kier molecular flexibility index (Phi) is 11.5. The molecular weight excluding hydrogens is 627 g/mol. The van der Waals surface area contributed by atoms with E-state index in [1.807, 2.05) is 30.3 Å². The maximum Gasteiger partial charge on any atom is 0.410 e. The highest BCUT2D eigenvalue weighted by molar-refractivity contribution is 5.75. The van der Waals surface area contributed by atoms with Gasteiger partial charge in [0.15, 0.2) is 0 Å². The van der Waals surface area contributed by atoms with E-state index >= 15 is 8.78 Å². The summed E-state index contributed by atoms with van der Waals surface area (Å²) in [6.07, 6.45) is -0.565. The fraction of sp³-hybridized carbons (Fsp3) is 0.514. The molecule has 1 aromatic heterocycles. The van der Waals surface area contributed by atoms with Crippen LogP contribution in [-0.4, -0.2) is 93.3 Å². The van der Waals surface area contributed by atoms with Crippen LogP contribution >= 0.6 is 0 Å². The summed E-state index contributed by atoms with van der Waals surface area (Å²) in [7, 11) is 1.47. The molecule has 0 radical (unpaired) electrons. The molecule has 262 valence electrons. The molecular formula is C35H46F3N5O5. The Bertz CT molecular complexity index is 1560. The van der Waals surface area contributed by atoms with Crippen LogP contribution in [0.4, 0.5) is 22.8 Å². The molecule has 2 heterocycles. The van der Waals surface area contributed by atoms with E-state index < -0.39 is 59.1 Å². The monoisotopic (exact) mass is 673 g/mol. The topological polar surface area (TPSA) is 109 Å². The van der Waals surface area contributed by atoms with Gasteiger partial charge in [-0.2, -0.15) is 0 Å². The summed E-state index contributed by atoms with van der Waals surface area (Å²) in [5.41, 5.74) is -1.04. The fourth-order valence-corrected chi connectivity index (χ4v) is 5.69. The van der Waals surface area contributed by atoms with Crippen LogP contribution in [0.1, 0.15) is 59.0 Å². The van der Waals surface area contributed by atoms with Crippen LogP contribution in [0.3, 0.4) is 0 Å². The summed E-state index contributed by atoms with van der Waals surface area (Å²) in [6.45, 7) is 9.74. The molecule has 0 bridgehead atoms. The van der Waals surface area contributed by atoms with Gasteiger partial charge in [0, 0.05) is 44.4 Å². The van der Waals surface area contributed by atoms with Crippen molar-refractivity contribution < 1.29 is 37.3 Å².